The number of nitrogen functional groups attached to an aromatic ring is 1. The number of thioether (sulfide) groups is 1. The van der Waals surface area contributed by atoms with Gasteiger partial charge in [0.05, 0.1) is 5.75 Å². The minimum atomic E-state index is 0.599. The lowest BCUT2D eigenvalue weighted by Gasteiger charge is -2.13. The standard InChI is InChI=1S/C14H24N4S/c1-3-10(2)19-9-14-16-12(8-13(17-14)18-15)11-6-4-5-7-11/h8,10-11H,3-7,9,15H2,1-2H3,(H,16,17,18). The summed E-state index contributed by atoms with van der Waals surface area (Å²) in [5.74, 6) is 8.64. The second-order valence-corrected chi connectivity index (χ2v) is 6.68. The number of hydrazine groups is 1. The highest BCUT2D eigenvalue weighted by molar-refractivity contribution is 7.99. The molecule has 19 heavy (non-hydrogen) atoms. The third-order valence-corrected chi connectivity index (χ3v) is 5.11. The monoisotopic (exact) mass is 280 g/mol. The number of hydrogen-bond donors (Lipinski definition) is 2. The van der Waals surface area contributed by atoms with Crippen LogP contribution in [0.2, 0.25) is 0 Å². The topological polar surface area (TPSA) is 63.8 Å². The highest BCUT2D eigenvalue weighted by Crippen LogP contribution is 2.34. The van der Waals surface area contributed by atoms with Crippen molar-refractivity contribution in [3.8, 4) is 0 Å². The number of nitrogens with two attached hydrogens (primary N) is 1. The maximum atomic E-state index is 5.52. The molecule has 0 spiro atoms. The summed E-state index contributed by atoms with van der Waals surface area (Å²) in [7, 11) is 0. The van der Waals surface area contributed by atoms with Crippen LogP contribution in [0.4, 0.5) is 5.82 Å². The van der Waals surface area contributed by atoms with E-state index in [1.54, 1.807) is 0 Å². The van der Waals surface area contributed by atoms with Crippen molar-refractivity contribution in [3.63, 3.8) is 0 Å². The Balaban J connectivity index is 2.11. The SMILES string of the molecule is CCC(C)SCc1nc(NN)cc(C2CCCC2)n1. The van der Waals surface area contributed by atoms with E-state index in [1.807, 2.05) is 17.8 Å². The highest BCUT2D eigenvalue weighted by atomic mass is 32.2. The van der Waals surface area contributed by atoms with E-state index in [-0.39, 0.29) is 0 Å². The van der Waals surface area contributed by atoms with Crippen LogP contribution in [0.3, 0.4) is 0 Å². The van der Waals surface area contributed by atoms with Gasteiger partial charge >= 0.3 is 0 Å². The van der Waals surface area contributed by atoms with Gasteiger partial charge in [0, 0.05) is 22.9 Å². The van der Waals surface area contributed by atoms with Gasteiger partial charge in [-0.2, -0.15) is 11.8 Å². The molecule has 1 aromatic heterocycles. The molecule has 1 aliphatic rings. The molecule has 1 aromatic rings. The number of aromatic nitrogens is 2. The molecule has 1 atom stereocenters. The lowest BCUT2D eigenvalue weighted by Crippen LogP contribution is -2.12. The molecule has 4 nitrogen and oxygen atoms in total. The lowest BCUT2D eigenvalue weighted by molar-refractivity contribution is 0.688. The normalized spacial score (nSPS) is 17.6. The molecule has 2 rings (SSSR count). The van der Waals surface area contributed by atoms with Crippen LogP contribution in [0.15, 0.2) is 6.07 Å². The van der Waals surface area contributed by atoms with Crippen molar-refractivity contribution < 1.29 is 0 Å². The number of nitrogens with one attached hydrogen (secondary N) is 1. The van der Waals surface area contributed by atoms with Gasteiger partial charge in [0.1, 0.15) is 11.6 Å². The first-order valence-electron chi connectivity index (χ1n) is 7.19. The molecule has 0 saturated heterocycles. The fourth-order valence-corrected chi connectivity index (χ4v) is 3.22. The zero-order valence-electron chi connectivity index (χ0n) is 11.9. The predicted molar refractivity (Wildman–Crippen MR) is 82.1 cm³/mol. The maximum Gasteiger partial charge on any atom is 0.143 e. The van der Waals surface area contributed by atoms with Crippen LogP contribution >= 0.6 is 11.8 Å². The summed E-state index contributed by atoms with van der Waals surface area (Å²) in [5.41, 5.74) is 3.84. The van der Waals surface area contributed by atoms with E-state index in [4.69, 9.17) is 10.8 Å². The van der Waals surface area contributed by atoms with Crippen LogP contribution < -0.4 is 11.3 Å². The van der Waals surface area contributed by atoms with Gasteiger partial charge < -0.3 is 5.43 Å². The second-order valence-electron chi connectivity index (χ2n) is 5.25. The Morgan fingerprint density at radius 3 is 2.79 bits per heavy atom. The minimum absolute atomic E-state index is 0.599. The van der Waals surface area contributed by atoms with E-state index in [2.05, 4.69) is 24.3 Å². The van der Waals surface area contributed by atoms with E-state index in [9.17, 15) is 0 Å². The van der Waals surface area contributed by atoms with Gasteiger partial charge in [0.15, 0.2) is 0 Å². The summed E-state index contributed by atoms with van der Waals surface area (Å²) in [4.78, 5) is 9.20. The van der Waals surface area contributed by atoms with Gasteiger partial charge in [-0.1, -0.05) is 26.7 Å². The van der Waals surface area contributed by atoms with Gasteiger partial charge in [0.2, 0.25) is 0 Å². The molecular formula is C14H24N4S. The minimum Gasteiger partial charge on any atom is -0.308 e. The van der Waals surface area contributed by atoms with Crippen molar-refractivity contribution in [1.82, 2.24) is 9.97 Å². The maximum absolute atomic E-state index is 5.52. The largest absolute Gasteiger partial charge is 0.308 e. The van der Waals surface area contributed by atoms with Crippen LogP contribution in [0, 0.1) is 0 Å². The summed E-state index contributed by atoms with van der Waals surface area (Å²) in [6, 6.07) is 2.01. The summed E-state index contributed by atoms with van der Waals surface area (Å²) < 4.78 is 0. The van der Waals surface area contributed by atoms with Gasteiger partial charge in [0.25, 0.3) is 0 Å². The summed E-state index contributed by atoms with van der Waals surface area (Å²) >= 11 is 1.91. The van der Waals surface area contributed by atoms with Crippen molar-refractivity contribution in [3.05, 3.63) is 17.6 Å². The van der Waals surface area contributed by atoms with Gasteiger partial charge in [-0.25, -0.2) is 15.8 Å². The van der Waals surface area contributed by atoms with Crippen molar-refractivity contribution >= 4 is 17.6 Å². The Kier molecular flexibility index (Phi) is 5.45. The van der Waals surface area contributed by atoms with Crippen LogP contribution in [0.25, 0.3) is 0 Å². The van der Waals surface area contributed by atoms with Crippen LogP contribution in [-0.4, -0.2) is 15.2 Å². The van der Waals surface area contributed by atoms with Crippen LogP contribution in [-0.2, 0) is 5.75 Å². The van der Waals surface area contributed by atoms with Crippen molar-refractivity contribution in [2.45, 2.75) is 62.9 Å². The van der Waals surface area contributed by atoms with Gasteiger partial charge in [-0.3, -0.25) is 0 Å². The summed E-state index contributed by atoms with van der Waals surface area (Å²) in [5, 5.41) is 0.646. The fraction of sp³-hybridized carbons (Fsp3) is 0.714. The van der Waals surface area contributed by atoms with E-state index >= 15 is 0 Å². The second kappa shape index (κ2) is 7.10. The first kappa shape index (κ1) is 14.6. The summed E-state index contributed by atoms with van der Waals surface area (Å²) in [6.45, 7) is 4.45. The van der Waals surface area contributed by atoms with E-state index in [1.165, 1.54) is 37.8 Å². The van der Waals surface area contributed by atoms with E-state index in [0.29, 0.717) is 11.2 Å². The van der Waals surface area contributed by atoms with Crippen molar-refractivity contribution in [2.75, 3.05) is 5.43 Å². The zero-order valence-corrected chi connectivity index (χ0v) is 12.7. The molecule has 0 radical (unpaired) electrons. The molecule has 3 N–H and O–H groups in total. The van der Waals surface area contributed by atoms with Gasteiger partial charge in [-0.15, -0.1) is 0 Å². The molecule has 5 heteroatoms. The van der Waals surface area contributed by atoms with Crippen LogP contribution in [0.5, 0.6) is 0 Å². The predicted octanol–water partition coefficient (Wildman–Crippen LogP) is 3.45. The Morgan fingerprint density at radius 1 is 1.42 bits per heavy atom. The quantitative estimate of drug-likeness (QED) is 0.617. The molecule has 0 aromatic carbocycles. The molecule has 0 aliphatic heterocycles. The van der Waals surface area contributed by atoms with Crippen molar-refractivity contribution in [1.29, 1.82) is 0 Å². The smallest absolute Gasteiger partial charge is 0.143 e. The average molecular weight is 280 g/mol. The molecule has 0 bridgehead atoms. The zero-order chi connectivity index (χ0) is 13.7. The lowest BCUT2D eigenvalue weighted by atomic mass is 10.0. The third-order valence-electron chi connectivity index (χ3n) is 3.79. The van der Waals surface area contributed by atoms with E-state index in [0.717, 1.165) is 17.4 Å². The third kappa shape index (κ3) is 4.08. The highest BCUT2D eigenvalue weighted by Gasteiger charge is 2.20. The van der Waals surface area contributed by atoms with E-state index < -0.39 is 0 Å². The molecule has 1 unspecified atom stereocenters. The first-order valence-corrected chi connectivity index (χ1v) is 8.24. The molecule has 1 saturated carbocycles. The Morgan fingerprint density at radius 2 is 2.16 bits per heavy atom. The molecule has 1 fully saturated rings. The number of nitrogens with zero attached hydrogens (tertiary/aromatic N) is 2. The number of rotatable bonds is 6. The Hall–Kier alpha value is -0.810. The average Bonchev–Trinajstić information content (AvgIpc) is 2.98. The number of hydrogen-bond acceptors (Lipinski definition) is 5. The molecule has 1 heterocycles. The fourth-order valence-electron chi connectivity index (χ4n) is 2.42. The van der Waals surface area contributed by atoms with Gasteiger partial charge in [-0.05, 0) is 19.3 Å². The summed E-state index contributed by atoms with van der Waals surface area (Å²) in [6.07, 6.45) is 6.31. The Bertz CT molecular complexity index is 404. The number of anilines is 1. The Labute approximate surface area is 119 Å². The first-order chi connectivity index (χ1) is 9.22. The molecule has 0 amide bonds. The molecular weight excluding hydrogens is 256 g/mol. The molecule has 106 valence electrons. The molecule has 1 aliphatic carbocycles. The van der Waals surface area contributed by atoms with Crippen molar-refractivity contribution in [2.24, 2.45) is 5.84 Å². The van der Waals surface area contributed by atoms with Crippen LogP contribution in [0.1, 0.15) is 63.4 Å².